The van der Waals surface area contributed by atoms with E-state index in [0.717, 1.165) is 23.4 Å². The minimum atomic E-state index is -0.820. The molecule has 2 aromatic carbocycles. The second-order valence-electron chi connectivity index (χ2n) is 5.64. The predicted molar refractivity (Wildman–Crippen MR) is 103 cm³/mol. The molecule has 4 nitrogen and oxygen atoms in total. The number of hydrogen-bond donors (Lipinski definition) is 0. The summed E-state index contributed by atoms with van der Waals surface area (Å²) < 4.78 is 11.8. The average Bonchev–Trinajstić information content (AvgIpc) is 2.95. The predicted octanol–water partition coefficient (Wildman–Crippen LogP) is 4.94. The molecule has 0 saturated carbocycles. The largest absolute Gasteiger partial charge is 0.411 e. The smallest absolute Gasteiger partial charge is 0.214 e. The summed E-state index contributed by atoms with van der Waals surface area (Å²) in [5.74, 6) is 0.624. The fraction of sp³-hybridized carbons (Fsp3) is 0.235. The first-order valence-electron chi connectivity index (χ1n) is 7.45. The molecule has 0 aliphatic carbocycles. The third kappa shape index (κ3) is 2.54. The van der Waals surface area contributed by atoms with Crippen LogP contribution in [0.3, 0.4) is 0 Å². The number of fused-ring (bicyclic) bond motifs is 3. The van der Waals surface area contributed by atoms with E-state index >= 15 is 0 Å². The summed E-state index contributed by atoms with van der Waals surface area (Å²) in [6, 6.07) is 13.3. The molecule has 24 heavy (non-hydrogen) atoms. The first kappa shape index (κ1) is 16.6. The fourth-order valence-corrected chi connectivity index (χ4v) is 4.05. The zero-order chi connectivity index (χ0) is 16.7. The van der Waals surface area contributed by atoms with Gasteiger partial charge in [0, 0.05) is 27.7 Å². The molecule has 0 N–H and O–H groups in total. The van der Waals surface area contributed by atoms with Crippen molar-refractivity contribution in [2.75, 3.05) is 19.7 Å². The van der Waals surface area contributed by atoms with Gasteiger partial charge in [0.2, 0.25) is 5.90 Å². The number of rotatable bonds is 1. The molecule has 0 amide bonds. The van der Waals surface area contributed by atoms with Gasteiger partial charge in [0.1, 0.15) is 0 Å². The molecule has 2 heterocycles. The van der Waals surface area contributed by atoms with Gasteiger partial charge in [-0.2, -0.15) is 0 Å². The lowest BCUT2D eigenvalue weighted by atomic mass is 9.92. The molecule has 1 unspecified atom stereocenters. The average molecular weight is 475 g/mol. The first-order valence-corrected chi connectivity index (χ1v) is 9.09. The Bertz CT molecular complexity index is 830. The van der Waals surface area contributed by atoms with Crippen LogP contribution in [0.5, 0.6) is 0 Å². The summed E-state index contributed by atoms with van der Waals surface area (Å²) >= 11 is 14.7. The van der Waals surface area contributed by atoms with Crippen molar-refractivity contribution in [3.8, 4) is 0 Å². The van der Waals surface area contributed by atoms with Gasteiger partial charge in [0.15, 0.2) is 28.7 Å². The molecule has 0 bridgehead atoms. The lowest BCUT2D eigenvalue weighted by Crippen LogP contribution is -2.45. The molecule has 0 spiro atoms. The molecule has 4 rings (SSSR count). The molecule has 2 aliphatic heterocycles. The molecular weight excluding hydrogens is 462 g/mol. The molecule has 2 aromatic rings. The topological polar surface area (TPSA) is 34.1 Å². The molecule has 2 aliphatic rings. The number of benzene rings is 2. The number of hydrogen-bond acceptors (Lipinski definition) is 4. The van der Waals surface area contributed by atoms with E-state index in [-0.39, 0.29) is 0 Å². The zero-order valence-electron chi connectivity index (χ0n) is 12.5. The SMILES string of the molecule is Clc1ccc2c(c1)C1(c3ccccc3Cl)OCCN1CC(OI)=N2. The van der Waals surface area contributed by atoms with Gasteiger partial charge in [-0.3, -0.25) is 4.90 Å². The minimum Gasteiger partial charge on any atom is -0.411 e. The van der Waals surface area contributed by atoms with Crippen molar-refractivity contribution in [2.24, 2.45) is 4.99 Å². The van der Waals surface area contributed by atoms with Crippen molar-refractivity contribution in [3.05, 3.63) is 63.6 Å². The van der Waals surface area contributed by atoms with Crippen LogP contribution in [0.1, 0.15) is 11.1 Å². The second kappa shape index (κ2) is 6.46. The van der Waals surface area contributed by atoms with Crippen molar-refractivity contribution >= 4 is 57.8 Å². The third-order valence-corrected chi connectivity index (χ3v) is 5.41. The fourth-order valence-electron chi connectivity index (χ4n) is 3.37. The number of nitrogens with zero attached hydrogens (tertiary/aromatic N) is 2. The summed E-state index contributed by atoms with van der Waals surface area (Å²) in [4.78, 5) is 6.83. The van der Waals surface area contributed by atoms with Crippen LogP contribution >= 0.6 is 46.2 Å². The lowest BCUT2D eigenvalue weighted by Gasteiger charge is -2.37. The van der Waals surface area contributed by atoms with E-state index in [1.807, 2.05) is 65.5 Å². The zero-order valence-corrected chi connectivity index (χ0v) is 16.2. The van der Waals surface area contributed by atoms with Crippen LogP contribution < -0.4 is 0 Å². The Morgan fingerprint density at radius 1 is 1.17 bits per heavy atom. The molecule has 124 valence electrons. The summed E-state index contributed by atoms with van der Waals surface area (Å²) in [7, 11) is 0. The highest BCUT2D eigenvalue weighted by molar-refractivity contribution is 14.1. The van der Waals surface area contributed by atoms with Gasteiger partial charge in [0.25, 0.3) is 0 Å². The van der Waals surface area contributed by atoms with Crippen LogP contribution in [0.15, 0.2) is 47.5 Å². The summed E-state index contributed by atoms with van der Waals surface area (Å²) in [5, 5.41) is 1.28. The Balaban J connectivity index is 2.03. The van der Waals surface area contributed by atoms with E-state index in [2.05, 4.69) is 9.89 Å². The van der Waals surface area contributed by atoms with Crippen LogP contribution in [-0.4, -0.2) is 30.5 Å². The van der Waals surface area contributed by atoms with Gasteiger partial charge in [-0.25, -0.2) is 4.99 Å². The third-order valence-electron chi connectivity index (χ3n) is 4.34. The summed E-state index contributed by atoms with van der Waals surface area (Å²) in [6.07, 6.45) is 0. The van der Waals surface area contributed by atoms with Crippen LogP contribution in [0.2, 0.25) is 10.0 Å². The Morgan fingerprint density at radius 2 is 2.00 bits per heavy atom. The first-order chi connectivity index (χ1) is 11.6. The summed E-state index contributed by atoms with van der Waals surface area (Å²) in [6.45, 7) is 1.86. The van der Waals surface area contributed by atoms with Gasteiger partial charge >= 0.3 is 0 Å². The molecule has 1 atom stereocenters. The minimum absolute atomic E-state index is 0.528. The molecule has 1 fully saturated rings. The van der Waals surface area contributed by atoms with Crippen molar-refractivity contribution in [1.82, 2.24) is 4.90 Å². The van der Waals surface area contributed by atoms with Crippen molar-refractivity contribution < 1.29 is 7.80 Å². The molecular formula is C17H13Cl2IN2O2. The molecule has 7 heteroatoms. The van der Waals surface area contributed by atoms with Gasteiger partial charge in [-0.05, 0) is 24.3 Å². The Morgan fingerprint density at radius 3 is 2.79 bits per heavy atom. The van der Waals surface area contributed by atoms with Crippen LogP contribution in [0.4, 0.5) is 5.69 Å². The maximum atomic E-state index is 6.54. The van der Waals surface area contributed by atoms with E-state index < -0.39 is 5.72 Å². The van der Waals surface area contributed by atoms with Gasteiger partial charge in [-0.15, -0.1) is 0 Å². The highest BCUT2D eigenvalue weighted by Crippen LogP contribution is 2.48. The Hall–Kier alpha value is -0.860. The number of ether oxygens (including phenoxy) is 1. The van der Waals surface area contributed by atoms with Crippen LogP contribution in [-0.2, 0) is 13.5 Å². The maximum Gasteiger partial charge on any atom is 0.214 e. The van der Waals surface area contributed by atoms with E-state index in [0.29, 0.717) is 29.1 Å². The van der Waals surface area contributed by atoms with Gasteiger partial charge in [-0.1, -0.05) is 41.4 Å². The van der Waals surface area contributed by atoms with E-state index in [9.17, 15) is 0 Å². The number of aliphatic imine (C=N–C) groups is 1. The van der Waals surface area contributed by atoms with E-state index in [1.165, 1.54) is 0 Å². The van der Waals surface area contributed by atoms with Crippen LogP contribution in [0, 0.1) is 0 Å². The highest BCUT2D eigenvalue weighted by Gasteiger charge is 2.50. The molecule has 0 aromatic heterocycles. The molecule has 0 radical (unpaired) electrons. The molecule has 1 saturated heterocycles. The van der Waals surface area contributed by atoms with Crippen molar-refractivity contribution in [1.29, 1.82) is 0 Å². The van der Waals surface area contributed by atoms with Crippen LogP contribution in [0.25, 0.3) is 0 Å². The standard InChI is InChI=1S/C17H13Cl2IN2O2/c18-11-5-6-15-13(9-11)17(12-3-1-2-4-14(12)19)22(7-8-23-17)10-16(21-15)24-20/h1-6,9H,7-8,10H2. The Kier molecular flexibility index (Phi) is 4.47. The van der Waals surface area contributed by atoms with Crippen molar-refractivity contribution in [3.63, 3.8) is 0 Å². The van der Waals surface area contributed by atoms with E-state index in [4.69, 9.17) is 31.0 Å². The number of halogens is 3. The van der Waals surface area contributed by atoms with Gasteiger partial charge < -0.3 is 7.80 Å². The van der Waals surface area contributed by atoms with E-state index in [1.54, 1.807) is 0 Å². The van der Waals surface area contributed by atoms with Gasteiger partial charge in [0.05, 0.1) is 18.8 Å². The quantitative estimate of drug-likeness (QED) is 0.549. The normalized spacial score (nSPS) is 23.2. The Labute approximate surface area is 164 Å². The summed E-state index contributed by atoms with van der Waals surface area (Å²) in [5.41, 5.74) is 1.72. The van der Waals surface area contributed by atoms with Crippen molar-refractivity contribution in [2.45, 2.75) is 5.72 Å². The monoisotopic (exact) mass is 474 g/mol. The highest BCUT2D eigenvalue weighted by atomic mass is 127. The maximum absolute atomic E-state index is 6.54. The second-order valence-corrected chi connectivity index (χ2v) is 6.92. The lowest BCUT2D eigenvalue weighted by molar-refractivity contribution is -0.0451.